The fourth-order valence-electron chi connectivity index (χ4n) is 3.54. The molecule has 9 nitrogen and oxygen atoms in total. The Hall–Kier alpha value is -3.04. The molecule has 2 amide bonds. The maximum absolute atomic E-state index is 12.6. The van der Waals surface area contributed by atoms with Gasteiger partial charge in [-0.05, 0) is 24.3 Å². The van der Waals surface area contributed by atoms with Crippen LogP contribution < -0.4 is 15.5 Å². The van der Waals surface area contributed by atoms with Crippen LogP contribution in [0.15, 0.2) is 36.7 Å². The van der Waals surface area contributed by atoms with E-state index in [0.29, 0.717) is 30.4 Å². The van der Waals surface area contributed by atoms with Crippen LogP contribution in [0, 0.1) is 0 Å². The number of rotatable bonds is 4. The molecule has 2 aliphatic rings. The van der Waals surface area contributed by atoms with E-state index in [4.69, 9.17) is 9.47 Å². The summed E-state index contributed by atoms with van der Waals surface area (Å²) in [6.07, 6.45) is 2.93. The van der Waals surface area contributed by atoms with E-state index in [1.165, 1.54) is 13.3 Å². The molecule has 4 rings (SSSR count). The van der Waals surface area contributed by atoms with E-state index in [0.717, 1.165) is 25.9 Å². The van der Waals surface area contributed by atoms with Crippen molar-refractivity contribution in [1.29, 1.82) is 0 Å². The predicted molar refractivity (Wildman–Crippen MR) is 107 cm³/mol. The average molecular weight is 397 g/mol. The first kappa shape index (κ1) is 19.3. The van der Waals surface area contributed by atoms with Crippen molar-refractivity contribution in [3.8, 4) is 0 Å². The lowest BCUT2D eigenvalue weighted by atomic mass is 10.0. The van der Waals surface area contributed by atoms with Gasteiger partial charge in [-0.25, -0.2) is 9.97 Å². The number of piperidine rings is 1. The highest BCUT2D eigenvalue weighted by molar-refractivity contribution is 6.03. The molecule has 0 atom stereocenters. The highest BCUT2D eigenvalue weighted by Gasteiger charge is 2.40. The van der Waals surface area contributed by atoms with Crippen LogP contribution in [0.5, 0.6) is 0 Å². The van der Waals surface area contributed by atoms with E-state index in [1.807, 2.05) is 0 Å². The summed E-state index contributed by atoms with van der Waals surface area (Å²) in [5, 5.41) is 5.49. The monoisotopic (exact) mass is 397 g/mol. The molecule has 1 spiro atoms. The molecule has 2 fully saturated rings. The Morgan fingerprint density at radius 3 is 2.24 bits per heavy atom. The van der Waals surface area contributed by atoms with Crippen LogP contribution in [-0.4, -0.2) is 53.9 Å². The molecule has 1 aromatic heterocycles. The number of ether oxygens (including phenoxy) is 2. The Kier molecular flexibility index (Phi) is 5.41. The van der Waals surface area contributed by atoms with Crippen molar-refractivity contribution in [3.63, 3.8) is 0 Å². The molecule has 2 aliphatic heterocycles. The van der Waals surface area contributed by atoms with Crippen LogP contribution in [0.4, 0.5) is 17.2 Å². The molecular weight excluding hydrogens is 374 g/mol. The Morgan fingerprint density at radius 1 is 1.00 bits per heavy atom. The Balaban J connectivity index is 1.39. The smallest absolute Gasteiger partial charge is 0.274 e. The maximum Gasteiger partial charge on any atom is 0.274 e. The minimum absolute atomic E-state index is 0.148. The predicted octanol–water partition coefficient (Wildman–Crippen LogP) is 2.03. The Labute approximate surface area is 168 Å². The number of nitrogens with one attached hydrogen (secondary N) is 2. The van der Waals surface area contributed by atoms with Gasteiger partial charge >= 0.3 is 0 Å². The van der Waals surface area contributed by atoms with Gasteiger partial charge < -0.3 is 25.0 Å². The van der Waals surface area contributed by atoms with Gasteiger partial charge in [0.2, 0.25) is 5.91 Å². The number of amides is 2. The van der Waals surface area contributed by atoms with E-state index in [1.54, 1.807) is 30.3 Å². The topological polar surface area (TPSA) is 106 Å². The molecule has 1 aromatic carbocycles. The minimum atomic E-state index is -0.451. The molecule has 29 heavy (non-hydrogen) atoms. The first-order valence-electron chi connectivity index (χ1n) is 9.57. The summed E-state index contributed by atoms with van der Waals surface area (Å²) >= 11 is 0. The number of carbonyl (C=O) groups excluding carboxylic acids is 2. The number of hydrogen-bond donors (Lipinski definition) is 2. The molecular formula is C20H23N5O4. The second kappa shape index (κ2) is 8.14. The van der Waals surface area contributed by atoms with Crippen molar-refractivity contribution >= 4 is 29.0 Å². The van der Waals surface area contributed by atoms with Gasteiger partial charge in [0, 0.05) is 50.3 Å². The standard InChI is InChI=1S/C20H23N5O4/c1-14(26)23-15-2-4-16(5-3-15)24-19(27)17-12-18(22-13-21-17)25-8-6-20(7-9-25)28-10-11-29-20/h2-5,12-13H,6-11H2,1H3,(H,23,26)(H,24,27). The third kappa shape index (κ3) is 4.52. The second-order valence-electron chi connectivity index (χ2n) is 7.07. The van der Waals surface area contributed by atoms with Gasteiger partial charge in [0.25, 0.3) is 5.91 Å². The molecule has 3 heterocycles. The summed E-state index contributed by atoms with van der Waals surface area (Å²) in [5.41, 5.74) is 1.56. The van der Waals surface area contributed by atoms with E-state index in [-0.39, 0.29) is 17.5 Å². The van der Waals surface area contributed by atoms with Gasteiger partial charge in [-0.1, -0.05) is 0 Å². The number of benzene rings is 1. The highest BCUT2D eigenvalue weighted by Crippen LogP contribution is 2.32. The molecule has 0 radical (unpaired) electrons. The number of aromatic nitrogens is 2. The van der Waals surface area contributed by atoms with E-state index in [9.17, 15) is 9.59 Å². The Morgan fingerprint density at radius 2 is 1.62 bits per heavy atom. The first-order valence-corrected chi connectivity index (χ1v) is 9.57. The van der Waals surface area contributed by atoms with Crippen molar-refractivity contribution in [2.45, 2.75) is 25.6 Å². The lowest BCUT2D eigenvalue weighted by Crippen LogP contribution is -2.45. The zero-order valence-electron chi connectivity index (χ0n) is 16.2. The quantitative estimate of drug-likeness (QED) is 0.813. The van der Waals surface area contributed by atoms with Gasteiger partial charge in [-0.2, -0.15) is 0 Å². The fraction of sp³-hybridized carbons (Fsp3) is 0.400. The average Bonchev–Trinajstić information content (AvgIpc) is 3.18. The van der Waals surface area contributed by atoms with Crippen LogP contribution in [0.25, 0.3) is 0 Å². The van der Waals surface area contributed by atoms with Gasteiger partial charge in [0.1, 0.15) is 17.8 Å². The Bertz CT molecular complexity index is 886. The van der Waals surface area contributed by atoms with Gasteiger partial charge in [-0.15, -0.1) is 0 Å². The fourth-order valence-corrected chi connectivity index (χ4v) is 3.54. The summed E-state index contributed by atoms with van der Waals surface area (Å²) in [6, 6.07) is 8.57. The zero-order chi connectivity index (χ0) is 20.3. The van der Waals surface area contributed by atoms with Crippen molar-refractivity contribution in [3.05, 3.63) is 42.4 Å². The SMILES string of the molecule is CC(=O)Nc1ccc(NC(=O)c2cc(N3CCC4(CC3)OCCO4)ncn2)cc1. The molecule has 152 valence electrons. The molecule has 2 N–H and O–H groups in total. The van der Waals surface area contributed by atoms with Gasteiger partial charge in [-0.3, -0.25) is 9.59 Å². The largest absolute Gasteiger partial charge is 0.356 e. The summed E-state index contributed by atoms with van der Waals surface area (Å²) < 4.78 is 11.5. The number of anilines is 3. The van der Waals surface area contributed by atoms with Crippen LogP contribution in [0.3, 0.4) is 0 Å². The van der Waals surface area contributed by atoms with Crippen molar-refractivity contribution < 1.29 is 19.1 Å². The van der Waals surface area contributed by atoms with Gasteiger partial charge in [0.15, 0.2) is 5.79 Å². The summed E-state index contributed by atoms with van der Waals surface area (Å²) in [7, 11) is 0. The number of nitrogens with zero attached hydrogens (tertiary/aromatic N) is 3. The summed E-state index contributed by atoms with van der Waals surface area (Å²) in [6.45, 7) is 4.21. The van der Waals surface area contributed by atoms with Crippen LogP contribution in [0.1, 0.15) is 30.3 Å². The van der Waals surface area contributed by atoms with Crippen molar-refractivity contribution in [2.75, 3.05) is 41.8 Å². The highest BCUT2D eigenvalue weighted by atomic mass is 16.7. The van der Waals surface area contributed by atoms with Gasteiger partial charge in [0.05, 0.1) is 13.2 Å². The molecule has 2 aromatic rings. The summed E-state index contributed by atoms with van der Waals surface area (Å²) in [4.78, 5) is 34.2. The van der Waals surface area contributed by atoms with Crippen molar-refractivity contribution in [1.82, 2.24) is 9.97 Å². The van der Waals surface area contributed by atoms with Crippen LogP contribution in [0.2, 0.25) is 0 Å². The molecule has 0 unspecified atom stereocenters. The third-order valence-corrected chi connectivity index (χ3v) is 5.01. The van der Waals surface area contributed by atoms with Crippen LogP contribution in [-0.2, 0) is 14.3 Å². The second-order valence-corrected chi connectivity index (χ2v) is 7.07. The lowest BCUT2D eigenvalue weighted by Gasteiger charge is -2.38. The summed E-state index contributed by atoms with van der Waals surface area (Å²) in [5.74, 6) is -0.214. The number of hydrogen-bond acceptors (Lipinski definition) is 7. The van der Waals surface area contributed by atoms with Crippen molar-refractivity contribution in [2.24, 2.45) is 0 Å². The number of carbonyl (C=O) groups is 2. The van der Waals surface area contributed by atoms with Crippen LogP contribution >= 0.6 is 0 Å². The molecule has 0 bridgehead atoms. The minimum Gasteiger partial charge on any atom is -0.356 e. The van der Waals surface area contributed by atoms with E-state index < -0.39 is 5.79 Å². The normalized spacial score (nSPS) is 17.9. The zero-order valence-corrected chi connectivity index (χ0v) is 16.2. The maximum atomic E-state index is 12.6. The van der Waals surface area contributed by atoms with E-state index in [2.05, 4.69) is 25.5 Å². The lowest BCUT2D eigenvalue weighted by molar-refractivity contribution is -0.169. The molecule has 0 saturated carbocycles. The first-order chi connectivity index (χ1) is 14.0. The third-order valence-electron chi connectivity index (χ3n) is 5.01. The molecule has 0 aliphatic carbocycles. The van der Waals surface area contributed by atoms with E-state index >= 15 is 0 Å². The molecule has 2 saturated heterocycles. The molecule has 9 heteroatoms.